The maximum Gasteiger partial charge on any atom is 0.111 e. The van der Waals surface area contributed by atoms with Crippen LogP contribution in [0.15, 0.2) is 0 Å². The summed E-state index contributed by atoms with van der Waals surface area (Å²) in [5.74, 6) is 1.10. The zero-order valence-electron chi connectivity index (χ0n) is 10.0. The number of aliphatic hydroxyl groups excluding tert-OH is 2. The van der Waals surface area contributed by atoms with Gasteiger partial charge in [0.1, 0.15) is 12.2 Å². The summed E-state index contributed by atoms with van der Waals surface area (Å²) in [6.07, 6.45) is 0.203. The lowest BCUT2D eigenvalue weighted by Crippen LogP contribution is -2.45. The molecule has 3 nitrogen and oxygen atoms in total. The topological polar surface area (TPSA) is 49.7 Å². The number of hydrogen-bond acceptors (Lipinski definition) is 3. The summed E-state index contributed by atoms with van der Waals surface area (Å²) in [6.45, 7) is 8.23. The molecule has 3 heteroatoms. The van der Waals surface area contributed by atoms with Crippen molar-refractivity contribution in [3.8, 4) is 0 Å². The predicted molar refractivity (Wildman–Crippen MR) is 57.5 cm³/mol. The summed E-state index contributed by atoms with van der Waals surface area (Å²) in [6, 6.07) is 0. The molecule has 0 aromatic heterocycles. The van der Waals surface area contributed by atoms with Gasteiger partial charge in [-0.05, 0) is 38.5 Å². The van der Waals surface area contributed by atoms with Gasteiger partial charge in [-0.1, -0.05) is 13.8 Å². The van der Waals surface area contributed by atoms with Crippen molar-refractivity contribution in [3.63, 3.8) is 0 Å². The van der Waals surface area contributed by atoms with Gasteiger partial charge in [0.2, 0.25) is 0 Å². The van der Waals surface area contributed by atoms with Gasteiger partial charge in [0.15, 0.2) is 0 Å². The van der Waals surface area contributed by atoms with Gasteiger partial charge in [-0.15, -0.1) is 0 Å². The van der Waals surface area contributed by atoms with Crippen LogP contribution >= 0.6 is 0 Å². The zero-order chi connectivity index (χ0) is 11.4. The van der Waals surface area contributed by atoms with Crippen LogP contribution < -0.4 is 0 Å². The van der Waals surface area contributed by atoms with Gasteiger partial charge < -0.3 is 14.9 Å². The first-order valence-electron chi connectivity index (χ1n) is 5.85. The number of fused-ring (bicyclic) bond motifs is 2. The summed E-state index contributed by atoms with van der Waals surface area (Å²) in [5, 5.41) is 20.0. The Balaban J connectivity index is 2.29. The lowest BCUT2D eigenvalue weighted by atomic mass is 9.78. The summed E-state index contributed by atoms with van der Waals surface area (Å²) < 4.78 is 5.88. The monoisotopic (exact) mass is 214 g/mol. The van der Waals surface area contributed by atoms with E-state index in [9.17, 15) is 10.2 Å². The summed E-state index contributed by atoms with van der Waals surface area (Å²) in [4.78, 5) is 0. The van der Waals surface area contributed by atoms with E-state index in [1.807, 2.05) is 13.8 Å². The largest absolute Gasteiger partial charge is 0.387 e. The van der Waals surface area contributed by atoms with E-state index in [1.54, 1.807) is 0 Å². The van der Waals surface area contributed by atoms with Gasteiger partial charge in [0.05, 0.1) is 11.2 Å². The molecule has 2 saturated heterocycles. The van der Waals surface area contributed by atoms with Crippen molar-refractivity contribution in [1.82, 2.24) is 0 Å². The van der Waals surface area contributed by atoms with Crippen molar-refractivity contribution in [2.75, 3.05) is 0 Å². The van der Waals surface area contributed by atoms with Crippen molar-refractivity contribution >= 4 is 0 Å². The second kappa shape index (κ2) is 3.19. The Labute approximate surface area is 91.4 Å². The van der Waals surface area contributed by atoms with Crippen LogP contribution in [0.5, 0.6) is 0 Å². The van der Waals surface area contributed by atoms with E-state index in [-0.39, 0.29) is 0 Å². The molecule has 2 heterocycles. The molecule has 0 aliphatic carbocycles. The molecule has 2 fully saturated rings. The summed E-state index contributed by atoms with van der Waals surface area (Å²) >= 11 is 0. The number of ether oxygens (including phenoxy) is 1. The van der Waals surface area contributed by atoms with Crippen molar-refractivity contribution in [2.24, 2.45) is 11.8 Å². The van der Waals surface area contributed by atoms with Crippen molar-refractivity contribution in [1.29, 1.82) is 0 Å². The number of hydrogen-bond donors (Lipinski definition) is 2. The van der Waals surface area contributed by atoms with E-state index in [0.29, 0.717) is 11.8 Å². The lowest BCUT2D eigenvalue weighted by molar-refractivity contribution is -0.168. The molecule has 2 rings (SSSR count). The van der Waals surface area contributed by atoms with E-state index in [1.165, 1.54) is 0 Å². The molecule has 0 unspecified atom stereocenters. The molecular formula is C12H22O3. The molecule has 2 aliphatic rings. The lowest BCUT2D eigenvalue weighted by Gasteiger charge is -2.42. The molecule has 0 amide bonds. The minimum absolute atomic E-state index is 0.528. The van der Waals surface area contributed by atoms with E-state index in [0.717, 1.165) is 12.8 Å². The van der Waals surface area contributed by atoms with Crippen LogP contribution in [0, 0.1) is 11.8 Å². The number of aliphatic hydroxyl groups is 2. The third kappa shape index (κ3) is 1.52. The van der Waals surface area contributed by atoms with Crippen molar-refractivity contribution in [2.45, 2.75) is 63.9 Å². The maximum absolute atomic E-state index is 10.0. The Morgan fingerprint density at radius 2 is 1.47 bits per heavy atom. The Kier molecular flexibility index (Phi) is 2.42. The molecule has 2 N–H and O–H groups in total. The Bertz CT molecular complexity index is 244. The maximum atomic E-state index is 10.0. The quantitative estimate of drug-likeness (QED) is 0.692. The fourth-order valence-electron chi connectivity index (χ4n) is 3.23. The van der Waals surface area contributed by atoms with Gasteiger partial charge in [-0.2, -0.15) is 0 Å². The molecule has 0 spiro atoms. The molecule has 5 atom stereocenters. The van der Waals surface area contributed by atoms with Crippen LogP contribution in [0.25, 0.3) is 0 Å². The standard InChI is InChI=1S/C12H22O3/c1-7(2)8-5-11(3)9(13)10(14)12(4,6-8)15-11/h7-10,13-14H,5-6H2,1-4H3/t8-,9+,10-,11-,12+. The fraction of sp³-hybridized carbons (Fsp3) is 1.00. The Hall–Kier alpha value is -0.120. The highest BCUT2D eigenvalue weighted by molar-refractivity contribution is 5.11. The van der Waals surface area contributed by atoms with Crippen LogP contribution in [-0.2, 0) is 4.74 Å². The van der Waals surface area contributed by atoms with Gasteiger partial charge in [-0.25, -0.2) is 0 Å². The van der Waals surface area contributed by atoms with Gasteiger partial charge in [-0.3, -0.25) is 0 Å². The van der Waals surface area contributed by atoms with E-state index >= 15 is 0 Å². The number of rotatable bonds is 1. The summed E-state index contributed by atoms with van der Waals surface area (Å²) in [5.41, 5.74) is -1.11. The van der Waals surface area contributed by atoms with Gasteiger partial charge >= 0.3 is 0 Å². The zero-order valence-corrected chi connectivity index (χ0v) is 10.0. The molecule has 0 radical (unpaired) electrons. The molecule has 0 aromatic rings. The van der Waals surface area contributed by atoms with Crippen LogP contribution in [0.1, 0.15) is 40.5 Å². The van der Waals surface area contributed by atoms with Crippen LogP contribution in [0.3, 0.4) is 0 Å². The second-order valence-corrected chi connectivity index (χ2v) is 6.03. The highest BCUT2D eigenvalue weighted by atomic mass is 16.6. The predicted octanol–water partition coefficient (Wildman–Crippen LogP) is 1.32. The molecule has 0 saturated carbocycles. The van der Waals surface area contributed by atoms with Crippen molar-refractivity contribution < 1.29 is 14.9 Å². The van der Waals surface area contributed by atoms with E-state index < -0.39 is 23.4 Å². The SMILES string of the molecule is CC(C)[C@@H]1C[C@@]2(C)O[C@@](C)(C1)[C@H](O)[C@@H]2O. The highest BCUT2D eigenvalue weighted by Crippen LogP contribution is 2.51. The smallest absolute Gasteiger partial charge is 0.111 e. The first-order chi connectivity index (χ1) is 6.78. The van der Waals surface area contributed by atoms with E-state index in [4.69, 9.17) is 4.74 Å². The second-order valence-electron chi connectivity index (χ2n) is 6.03. The fourth-order valence-corrected chi connectivity index (χ4v) is 3.23. The molecule has 0 aromatic carbocycles. The van der Waals surface area contributed by atoms with Gasteiger partial charge in [0, 0.05) is 0 Å². The Morgan fingerprint density at radius 3 is 1.80 bits per heavy atom. The summed E-state index contributed by atoms with van der Waals surface area (Å²) in [7, 11) is 0. The average Bonchev–Trinajstić information content (AvgIpc) is 2.24. The van der Waals surface area contributed by atoms with Crippen LogP contribution in [-0.4, -0.2) is 33.6 Å². The minimum Gasteiger partial charge on any atom is -0.387 e. The van der Waals surface area contributed by atoms with Crippen LogP contribution in [0.4, 0.5) is 0 Å². The van der Waals surface area contributed by atoms with E-state index in [2.05, 4.69) is 13.8 Å². The average molecular weight is 214 g/mol. The molecule has 2 bridgehead atoms. The molecule has 2 aliphatic heterocycles. The van der Waals surface area contributed by atoms with Crippen LogP contribution in [0.2, 0.25) is 0 Å². The molecular weight excluding hydrogens is 192 g/mol. The third-order valence-corrected chi connectivity index (χ3v) is 4.29. The van der Waals surface area contributed by atoms with Crippen molar-refractivity contribution in [3.05, 3.63) is 0 Å². The van der Waals surface area contributed by atoms with Gasteiger partial charge in [0.25, 0.3) is 0 Å². The first-order valence-corrected chi connectivity index (χ1v) is 5.85. The molecule has 88 valence electrons. The normalized spacial score (nSPS) is 55.0. The highest BCUT2D eigenvalue weighted by Gasteiger charge is 2.61. The first kappa shape index (κ1) is 11.4. The Morgan fingerprint density at radius 1 is 1.07 bits per heavy atom. The third-order valence-electron chi connectivity index (χ3n) is 4.29. The minimum atomic E-state index is -0.744. The molecule has 15 heavy (non-hydrogen) atoms.